The summed E-state index contributed by atoms with van der Waals surface area (Å²) in [7, 11) is 0.944. The number of fused-ring (bicyclic) bond motifs is 1. The molecule has 0 bridgehead atoms. The lowest BCUT2D eigenvalue weighted by atomic mass is 10.2. The highest BCUT2D eigenvalue weighted by atomic mass is 32.2. The summed E-state index contributed by atoms with van der Waals surface area (Å²) in [6.07, 6.45) is 3.89. The number of anilines is 1. The summed E-state index contributed by atoms with van der Waals surface area (Å²) in [5.74, 6) is 0.939. The number of sulfonamides is 1. The molecule has 3 aromatic heterocycles. The fourth-order valence-electron chi connectivity index (χ4n) is 3.40. The summed E-state index contributed by atoms with van der Waals surface area (Å²) >= 11 is 0. The Hall–Kier alpha value is -3.93. The SMILES string of the molecule is COc1ccc(-n2c(-c3cncc(NS(C)(=O)=O)c3)nc3c2c(=O)n(C)c(=O)n3C)cc1. The number of benzene rings is 1. The maximum absolute atomic E-state index is 13.1. The van der Waals surface area contributed by atoms with Gasteiger partial charge in [0.15, 0.2) is 11.2 Å². The van der Waals surface area contributed by atoms with E-state index in [0.29, 0.717) is 22.8 Å². The topological polar surface area (TPSA) is 130 Å². The largest absolute Gasteiger partial charge is 0.497 e. The second kappa shape index (κ2) is 7.64. The van der Waals surface area contributed by atoms with E-state index in [1.165, 1.54) is 31.1 Å². The fourth-order valence-corrected chi connectivity index (χ4v) is 3.94. The third-order valence-electron chi connectivity index (χ3n) is 4.89. The first kappa shape index (κ1) is 21.3. The number of ether oxygens (including phenoxy) is 1. The molecule has 0 fully saturated rings. The normalized spacial score (nSPS) is 11.6. The van der Waals surface area contributed by atoms with Crippen molar-refractivity contribution in [3.63, 3.8) is 0 Å². The van der Waals surface area contributed by atoms with Crippen molar-refractivity contribution >= 4 is 26.9 Å². The number of hydrogen-bond donors (Lipinski definition) is 1. The second-order valence-corrected chi connectivity index (χ2v) is 8.93. The van der Waals surface area contributed by atoms with Crippen LogP contribution in [0.3, 0.4) is 0 Å². The predicted molar refractivity (Wildman–Crippen MR) is 120 cm³/mol. The van der Waals surface area contributed by atoms with Crippen LogP contribution in [0.1, 0.15) is 0 Å². The molecule has 12 heteroatoms. The minimum Gasteiger partial charge on any atom is -0.497 e. The molecule has 0 atom stereocenters. The zero-order chi connectivity index (χ0) is 23.2. The van der Waals surface area contributed by atoms with Crippen molar-refractivity contribution < 1.29 is 13.2 Å². The van der Waals surface area contributed by atoms with Crippen LogP contribution in [0.25, 0.3) is 28.2 Å². The van der Waals surface area contributed by atoms with Crippen molar-refractivity contribution in [3.8, 4) is 22.8 Å². The van der Waals surface area contributed by atoms with Gasteiger partial charge < -0.3 is 4.74 Å². The van der Waals surface area contributed by atoms with Crippen LogP contribution in [0.5, 0.6) is 5.75 Å². The van der Waals surface area contributed by atoms with Gasteiger partial charge in [0.25, 0.3) is 5.56 Å². The third kappa shape index (κ3) is 3.64. The summed E-state index contributed by atoms with van der Waals surface area (Å²) in [6.45, 7) is 0. The molecule has 0 saturated heterocycles. The Morgan fingerprint density at radius 2 is 1.72 bits per heavy atom. The maximum Gasteiger partial charge on any atom is 0.332 e. The summed E-state index contributed by atoms with van der Waals surface area (Å²) < 4.78 is 34.8. The molecule has 1 N–H and O–H groups in total. The number of imidazole rings is 1. The van der Waals surface area contributed by atoms with Gasteiger partial charge in [-0.05, 0) is 30.3 Å². The number of hydrogen-bond acceptors (Lipinski definition) is 7. The van der Waals surface area contributed by atoms with Crippen molar-refractivity contribution in [2.75, 3.05) is 18.1 Å². The minimum absolute atomic E-state index is 0.186. The third-order valence-corrected chi connectivity index (χ3v) is 5.49. The number of rotatable bonds is 5. The van der Waals surface area contributed by atoms with Gasteiger partial charge in [-0.2, -0.15) is 0 Å². The van der Waals surface area contributed by atoms with Gasteiger partial charge in [0.2, 0.25) is 10.0 Å². The average Bonchev–Trinajstić information content (AvgIpc) is 3.16. The number of aromatic nitrogens is 5. The molecular formula is C20H20N6O5S. The van der Waals surface area contributed by atoms with Crippen molar-refractivity contribution in [1.82, 2.24) is 23.7 Å². The Labute approximate surface area is 182 Å². The highest BCUT2D eigenvalue weighted by Gasteiger charge is 2.22. The van der Waals surface area contributed by atoms with Crippen LogP contribution in [0.15, 0.2) is 52.3 Å². The van der Waals surface area contributed by atoms with E-state index < -0.39 is 21.3 Å². The molecule has 4 rings (SSSR count). The van der Waals surface area contributed by atoms with Gasteiger partial charge in [-0.25, -0.2) is 18.2 Å². The van der Waals surface area contributed by atoms with Crippen molar-refractivity contribution in [2.24, 2.45) is 14.1 Å². The Bertz CT molecular complexity index is 1570. The molecule has 4 aromatic rings. The first-order valence-electron chi connectivity index (χ1n) is 9.37. The smallest absolute Gasteiger partial charge is 0.332 e. The van der Waals surface area contributed by atoms with Gasteiger partial charge in [-0.15, -0.1) is 0 Å². The van der Waals surface area contributed by atoms with Crippen LogP contribution >= 0.6 is 0 Å². The molecule has 32 heavy (non-hydrogen) atoms. The van der Waals surface area contributed by atoms with Gasteiger partial charge in [0.1, 0.15) is 11.6 Å². The van der Waals surface area contributed by atoms with Crippen LogP contribution in [0, 0.1) is 0 Å². The lowest BCUT2D eigenvalue weighted by Crippen LogP contribution is -2.37. The van der Waals surface area contributed by atoms with Crippen LogP contribution in [0.4, 0.5) is 5.69 Å². The quantitative estimate of drug-likeness (QED) is 0.471. The van der Waals surface area contributed by atoms with E-state index in [-0.39, 0.29) is 16.9 Å². The van der Waals surface area contributed by atoms with E-state index in [0.717, 1.165) is 10.8 Å². The number of methoxy groups -OCH3 is 1. The van der Waals surface area contributed by atoms with Crippen molar-refractivity contribution in [1.29, 1.82) is 0 Å². The van der Waals surface area contributed by atoms with E-state index in [4.69, 9.17) is 4.74 Å². The summed E-state index contributed by atoms with van der Waals surface area (Å²) in [5, 5.41) is 0. The highest BCUT2D eigenvalue weighted by Crippen LogP contribution is 2.28. The lowest BCUT2D eigenvalue weighted by molar-refractivity contribution is 0.415. The molecule has 0 aliphatic rings. The number of aryl methyl sites for hydroxylation is 1. The number of nitrogens with one attached hydrogen (secondary N) is 1. The molecule has 1 aromatic carbocycles. The first-order valence-corrected chi connectivity index (χ1v) is 11.3. The van der Waals surface area contributed by atoms with Gasteiger partial charge in [0, 0.05) is 31.5 Å². The van der Waals surface area contributed by atoms with E-state index in [2.05, 4.69) is 14.7 Å². The molecule has 0 radical (unpaired) electrons. The van der Waals surface area contributed by atoms with Crippen LogP contribution in [0.2, 0.25) is 0 Å². The van der Waals surface area contributed by atoms with Crippen molar-refractivity contribution in [3.05, 3.63) is 63.6 Å². The van der Waals surface area contributed by atoms with Crippen LogP contribution in [-0.4, -0.2) is 45.5 Å². The molecule has 166 valence electrons. The fraction of sp³-hybridized carbons (Fsp3) is 0.200. The van der Waals surface area contributed by atoms with E-state index >= 15 is 0 Å². The monoisotopic (exact) mass is 456 g/mol. The molecule has 0 aliphatic heterocycles. The second-order valence-electron chi connectivity index (χ2n) is 7.18. The lowest BCUT2D eigenvalue weighted by Gasteiger charge is -2.11. The standard InChI is InChI=1S/C20H20N6O5S/c1-24-18-16(19(27)25(2)20(24)28)26(14-5-7-15(31-3)8-6-14)17(22-18)12-9-13(11-21-10-12)23-32(4,29)30/h5-11,23H,1-4H3. The average molecular weight is 456 g/mol. The van der Waals surface area contributed by atoms with E-state index in [9.17, 15) is 18.0 Å². The molecule has 11 nitrogen and oxygen atoms in total. The summed E-state index contributed by atoms with van der Waals surface area (Å²) in [4.78, 5) is 34.2. The molecule has 0 spiro atoms. The Morgan fingerprint density at radius 1 is 1.03 bits per heavy atom. The first-order chi connectivity index (χ1) is 15.1. The molecule has 0 saturated carbocycles. The van der Waals surface area contributed by atoms with Crippen molar-refractivity contribution in [2.45, 2.75) is 0 Å². The number of nitrogens with zero attached hydrogens (tertiary/aromatic N) is 5. The van der Waals surface area contributed by atoms with Gasteiger partial charge in [0.05, 0.1) is 25.2 Å². The highest BCUT2D eigenvalue weighted by molar-refractivity contribution is 7.92. The molecular weight excluding hydrogens is 436 g/mol. The summed E-state index contributed by atoms with van der Waals surface area (Å²) in [5.41, 5.74) is 0.623. The zero-order valence-electron chi connectivity index (χ0n) is 17.7. The minimum atomic E-state index is -3.53. The molecule has 0 unspecified atom stereocenters. The molecule has 3 heterocycles. The van der Waals surface area contributed by atoms with E-state index in [1.54, 1.807) is 42.0 Å². The maximum atomic E-state index is 13.1. The zero-order valence-corrected chi connectivity index (χ0v) is 18.5. The Kier molecular flexibility index (Phi) is 5.09. The number of pyridine rings is 1. The Morgan fingerprint density at radius 3 is 2.34 bits per heavy atom. The van der Waals surface area contributed by atoms with Gasteiger partial charge in [-0.3, -0.25) is 28.2 Å². The van der Waals surface area contributed by atoms with Crippen LogP contribution in [-0.2, 0) is 24.1 Å². The van der Waals surface area contributed by atoms with E-state index in [1.807, 2.05) is 0 Å². The van der Waals surface area contributed by atoms with Gasteiger partial charge >= 0.3 is 5.69 Å². The predicted octanol–water partition coefficient (Wildman–Crippen LogP) is 0.865. The van der Waals surface area contributed by atoms with Crippen LogP contribution < -0.4 is 20.7 Å². The molecule has 0 amide bonds. The molecule has 0 aliphatic carbocycles. The Balaban J connectivity index is 2.08. The van der Waals surface area contributed by atoms with Gasteiger partial charge in [-0.1, -0.05) is 0 Å². The summed E-state index contributed by atoms with van der Waals surface area (Å²) in [6, 6.07) is 8.52.